The van der Waals surface area contributed by atoms with E-state index in [9.17, 15) is 0 Å². The molecule has 3 aromatic rings. The van der Waals surface area contributed by atoms with E-state index < -0.39 is 0 Å². The van der Waals surface area contributed by atoms with E-state index in [-0.39, 0.29) is 6.04 Å². The monoisotopic (exact) mass is 315 g/mol. The Kier molecular flexibility index (Phi) is 3.78. The van der Waals surface area contributed by atoms with E-state index in [1.807, 2.05) is 6.07 Å². The summed E-state index contributed by atoms with van der Waals surface area (Å²) in [5.41, 5.74) is 3.66. The van der Waals surface area contributed by atoms with E-state index in [1.165, 1.54) is 16.0 Å². The van der Waals surface area contributed by atoms with Gasteiger partial charge in [-0.15, -0.1) is 11.3 Å². The van der Waals surface area contributed by atoms with Gasteiger partial charge in [-0.05, 0) is 44.1 Å². The second-order valence-electron chi connectivity index (χ2n) is 5.14. The lowest BCUT2D eigenvalue weighted by atomic mass is 10.1. The van der Waals surface area contributed by atoms with Gasteiger partial charge in [0.05, 0.1) is 6.04 Å². The van der Waals surface area contributed by atoms with E-state index in [0.717, 1.165) is 11.4 Å². The van der Waals surface area contributed by atoms with Crippen molar-refractivity contribution in [3.05, 3.63) is 56.5 Å². The summed E-state index contributed by atoms with van der Waals surface area (Å²) < 4.78 is 2.75. The van der Waals surface area contributed by atoms with Crippen LogP contribution in [0.5, 0.6) is 0 Å². The third-order valence-electron chi connectivity index (χ3n) is 3.90. The van der Waals surface area contributed by atoms with Gasteiger partial charge in [-0.3, -0.25) is 9.67 Å². The molecule has 0 amide bonds. The second-order valence-corrected chi connectivity index (χ2v) is 6.61. The molecule has 2 heterocycles. The first-order chi connectivity index (χ1) is 10.1. The Hall–Kier alpha value is -1.72. The summed E-state index contributed by atoms with van der Waals surface area (Å²) in [4.78, 5) is 1.32. The molecule has 1 aromatic carbocycles. The van der Waals surface area contributed by atoms with Crippen LogP contribution in [0.2, 0.25) is 0 Å². The molecule has 3 nitrogen and oxygen atoms in total. The van der Waals surface area contributed by atoms with E-state index in [4.69, 9.17) is 12.2 Å². The highest BCUT2D eigenvalue weighted by atomic mass is 32.1. The van der Waals surface area contributed by atoms with Crippen LogP contribution in [0.1, 0.15) is 29.0 Å². The van der Waals surface area contributed by atoms with Gasteiger partial charge in [0.1, 0.15) is 0 Å². The van der Waals surface area contributed by atoms with Crippen molar-refractivity contribution in [1.29, 1.82) is 0 Å². The second kappa shape index (κ2) is 5.58. The summed E-state index contributed by atoms with van der Waals surface area (Å²) in [6, 6.07) is 10.5. The number of aromatic nitrogens is 3. The van der Waals surface area contributed by atoms with Crippen LogP contribution < -0.4 is 0 Å². The van der Waals surface area contributed by atoms with Crippen molar-refractivity contribution in [2.75, 3.05) is 0 Å². The number of nitrogens with zero attached hydrogens (tertiary/aromatic N) is 2. The smallest absolute Gasteiger partial charge is 0.196 e. The van der Waals surface area contributed by atoms with Gasteiger partial charge in [0.15, 0.2) is 10.6 Å². The van der Waals surface area contributed by atoms with Gasteiger partial charge in [0, 0.05) is 15.8 Å². The summed E-state index contributed by atoms with van der Waals surface area (Å²) in [6.07, 6.45) is 0. The number of aryl methyl sites for hydroxylation is 1. The average Bonchev–Trinajstić information content (AvgIpc) is 3.03. The predicted octanol–water partition coefficient (Wildman–Crippen LogP) is 4.90. The third kappa shape index (κ3) is 2.47. The number of nitrogens with one attached hydrogen (secondary N) is 1. The molecule has 5 heteroatoms. The summed E-state index contributed by atoms with van der Waals surface area (Å²) in [5, 5.41) is 9.56. The molecular weight excluding hydrogens is 298 g/mol. The summed E-state index contributed by atoms with van der Waals surface area (Å²) in [7, 11) is 0. The van der Waals surface area contributed by atoms with Crippen molar-refractivity contribution >= 4 is 23.6 Å². The van der Waals surface area contributed by atoms with Gasteiger partial charge in [0.2, 0.25) is 0 Å². The first-order valence-electron chi connectivity index (χ1n) is 6.86. The first-order valence-corrected chi connectivity index (χ1v) is 8.15. The molecule has 1 N–H and O–H groups in total. The van der Waals surface area contributed by atoms with Crippen molar-refractivity contribution in [2.24, 2.45) is 0 Å². The van der Waals surface area contributed by atoms with E-state index in [2.05, 4.69) is 65.2 Å². The minimum absolute atomic E-state index is 0.145. The standard InChI is InChI=1S/C16H17N3S2/c1-10-12(3)21-9-14(10)15-17-18-16(20)19(15)11(2)13-7-5-4-6-8-13/h4-9,11H,1-3H3,(H,18,20)/t11-/m1/s1. The van der Waals surface area contributed by atoms with Crippen molar-refractivity contribution < 1.29 is 0 Å². The number of aromatic amines is 1. The third-order valence-corrected chi connectivity index (χ3v) is 5.20. The molecule has 21 heavy (non-hydrogen) atoms. The van der Waals surface area contributed by atoms with Gasteiger partial charge in [0.25, 0.3) is 0 Å². The molecule has 0 unspecified atom stereocenters. The van der Waals surface area contributed by atoms with Gasteiger partial charge >= 0.3 is 0 Å². The normalized spacial score (nSPS) is 12.5. The van der Waals surface area contributed by atoms with Crippen molar-refractivity contribution in [1.82, 2.24) is 14.8 Å². The van der Waals surface area contributed by atoms with Crippen LogP contribution in [0, 0.1) is 18.6 Å². The van der Waals surface area contributed by atoms with Crippen LogP contribution in [0.4, 0.5) is 0 Å². The molecule has 0 saturated heterocycles. The molecule has 3 rings (SSSR count). The summed E-state index contributed by atoms with van der Waals surface area (Å²) >= 11 is 7.20. The van der Waals surface area contributed by atoms with Crippen LogP contribution in [0.3, 0.4) is 0 Å². The molecule has 2 aromatic heterocycles. The number of thiophene rings is 1. The Morgan fingerprint density at radius 3 is 2.57 bits per heavy atom. The topological polar surface area (TPSA) is 33.6 Å². The van der Waals surface area contributed by atoms with Gasteiger partial charge < -0.3 is 0 Å². The maximum atomic E-state index is 5.45. The van der Waals surface area contributed by atoms with Crippen LogP contribution >= 0.6 is 23.6 Å². The molecule has 0 aliphatic carbocycles. The fourth-order valence-corrected chi connectivity index (χ4v) is 3.62. The Balaban J connectivity index is 2.14. The SMILES string of the molecule is Cc1scc(-c2n[nH]c(=S)n2[C@H](C)c2ccccc2)c1C. The fourth-order valence-electron chi connectivity index (χ4n) is 2.47. The maximum absolute atomic E-state index is 5.45. The zero-order chi connectivity index (χ0) is 15.0. The molecule has 0 aliphatic rings. The maximum Gasteiger partial charge on any atom is 0.196 e. The first kappa shape index (κ1) is 14.2. The van der Waals surface area contributed by atoms with E-state index in [1.54, 1.807) is 11.3 Å². The van der Waals surface area contributed by atoms with Crippen molar-refractivity contribution in [3.63, 3.8) is 0 Å². The summed E-state index contributed by atoms with van der Waals surface area (Å²) in [6.45, 7) is 6.42. The molecule has 108 valence electrons. The highest BCUT2D eigenvalue weighted by Gasteiger charge is 2.18. The lowest BCUT2D eigenvalue weighted by molar-refractivity contribution is 0.635. The molecule has 1 atom stereocenters. The van der Waals surface area contributed by atoms with Crippen LogP contribution in [0.15, 0.2) is 35.7 Å². The zero-order valence-electron chi connectivity index (χ0n) is 12.3. The Bertz CT molecular complexity index is 812. The lowest BCUT2D eigenvalue weighted by Crippen LogP contribution is -2.08. The number of hydrogen-bond donors (Lipinski definition) is 1. The van der Waals surface area contributed by atoms with Gasteiger partial charge in [-0.2, -0.15) is 5.10 Å². The average molecular weight is 315 g/mol. The lowest BCUT2D eigenvalue weighted by Gasteiger charge is -2.16. The molecule has 0 bridgehead atoms. The number of rotatable bonds is 3. The fraction of sp³-hybridized carbons (Fsp3) is 0.250. The van der Waals surface area contributed by atoms with Gasteiger partial charge in [-0.1, -0.05) is 30.3 Å². The Labute approximate surface area is 133 Å². The van der Waals surface area contributed by atoms with Crippen LogP contribution in [0.25, 0.3) is 11.4 Å². The highest BCUT2D eigenvalue weighted by Crippen LogP contribution is 2.32. The Morgan fingerprint density at radius 1 is 1.24 bits per heavy atom. The molecule has 0 fully saturated rings. The van der Waals surface area contributed by atoms with Crippen LogP contribution in [-0.2, 0) is 0 Å². The predicted molar refractivity (Wildman–Crippen MR) is 90.5 cm³/mol. The quantitative estimate of drug-likeness (QED) is 0.698. The van der Waals surface area contributed by atoms with E-state index >= 15 is 0 Å². The zero-order valence-corrected chi connectivity index (χ0v) is 13.9. The van der Waals surface area contributed by atoms with Crippen LogP contribution in [-0.4, -0.2) is 14.8 Å². The number of H-pyrrole nitrogens is 1. The Morgan fingerprint density at radius 2 is 1.95 bits per heavy atom. The largest absolute Gasteiger partial charge is 0.293 e. The highest BCUT2D eigenvalue weighted by molar-refractivity contribution is 7.71. The minimum Gasteiger partial charge on any atom is -0.293 e. The summed E-state index contributed by atoms with van der Waals surface area (Å²) in [5.74, 6) is 0.915. The van der Waals surface area contributed by atoms with Gasteiger partial charge in [-0.25, -0.2) is 0 Å². The van der Waals surface area contributed by atoms with Crippen molar-refractivity contribution in [2.45, 2.75) is 26.8 Å². The van der Waals surface area contributed by atoms with Crippen molar-refractivity contribution in [3.8, 4) is 11.4 Å². The molecule has 0 saturated carbocycles. The van der Waals surface area contributed by atoms with E-state index in [0.29, 0.717) is 4.77 Å². The molecule has 0 radical (unpaired) electrons. The molecule has 0 aliphatic heterocycles. The number of benzene rings is 1. The molecular formula is C16H17N3S2. The minimum atomic E-state index is 0.145. The molecule has 0 spiro atoms. The number of hydrogen-bond acceptors (Lipinski definition) is 3.